The SMILES string of the molecule is Cc1ccnc2c3c(C4CCCCC4)cccc3[n+]3c4ccc(C5CCCCC5)cc4n(C)c3c12.Cc1ccnc2c3c(C4CCCCC4)cccc3n3c4cc(C5CCCCC5)ccc4[n+](C)c3c12.Cc1ccnc2c3cc(C4CCCCC4)c(C4CCCCC4)cc3n3c4ccccc4[n+](C)c3c12.Cc1ccnc2c3ccc(C4CCCCC4)c(C4CCCCC4)c3n3c4ccccc4[n+](C)c3c12. The molecule has 0 spiro atoms. The molecule has 8 saturated carbocycles. The van der Waals surface area contributed by atoms with E-state index in [1.807, 2.05) is 24.8 Å². The largest absolute Gasteiger partial charge is 0.297 e. The van der Waals surface area contributed by atoms with Crippen molar-refractivity contribution in [2.75, 3.05) is 0 Å². The predicted molar refractivity (Wildman–Crippen MR) is 581 cm³/mol. The van der Waals surface area contributed by atoms with Crippen molar-refractivity contribution in [3.8, 4) is 0 Å². The number of fused-ring (bicyclic) bond motifs is 32. The Balaban J connectivity index is 0.0000000985. The summed E-state index contributed by atoms with van der Waals surface area (Å²) in [6.07, 6.45) is 62.3. The first kappa shape index (κ1) is 89.6. The molecule has 0 amide bonds. The maximum Gasteiger partial charge on any atom is 0.297 e. The molecule has 0 aliphatic heterocycles. The Kier molecular flexibility index (Phi) is 24.1. The van der Waals surface area contributed by atoms with Gasteiger partial charge in [0.1, 0.15) is 22.1 Å². The summed E-state index contributed by atoms with van der Waals surface area (Å²) in [6, 6.07) is 65.3. The Labute approximate surface area is 825 Å². The Morgan fingerprint density at radius 2 is 0.600 bits per heavy atom. The van der Waals surface area contributed by atoms with Crippen molar-refractivity contribution in [2.24, 2.45) is 28.2 Å². The molecule has 0 radical (unpaired) electrons. The zero-order valence-corrected chi connectivity index (χ0v) is 84.7. The maximum absolute atomic E-state index is 5.05. The van der Waals surface area contributed by atoms with Crippen molar-refractivity contribution in [3.05, 3.63) is 261 Å². The second kappa shape index (κ2) is 37.6. The van der Waals surface area contributed by atoms with Gasteiger partial charge in [-0.2, -0.15) is 17.6 Å². The molecule has 12 aromatic heterocycles. The standard InChI is InChI=1S/4C32H36N3/c1-21-17-18-33-31-26-19-24(22-11-5-3-6-12-22)25(23-13-7-4-8-14-23)20-29(26)35-28-16-10-9-15-27(28)34(2)32(35)30(21)31;1-21-19-20-33-30-25-18-17-24(22-11-5-3-6-12-22)29(23-13-7-4-8-14-23)31(25)35-27-16-10-9-15-26(27)34(2)32(35)28(21)30;1-21-18-19-33-31-29(21)32-34(2)28-20-24(22-10-5-3-6-11-22)16-17-26(28)35(32)27-15-9-14-25(30(27)31)23-12-7-4-8-13-23;1-21-18-19-33-31-29(21)32-34(2)26-17-16-24(22-10-5-3-6-11-22)20-28(26)35(32)27-15-9-14-25(30(27)31)23-12-7-4-8-13-23/h2*9-10,15-20,22-23H,3-8,11-14H2,1-2H3;2*9,14-20,22-23H,3-8,10-13H2,1-2H3/q4*+1. The quantitative estimate of drug-likeness (QED) is 0.112. The topological polar surface area (TPSA) is 85.5 Å². The predicted octanol–water partition coefficient (Wildman–Crippen LogP) is 32.1. The summed E-state index contributed by atoms with van der Waals surface area (Å²) >= 11 is 0. The van der Waals surface area contributed by atoms with Crippen LogP contribution in [0.4, 0.5) is 0 Å². The van der Waals surface area contributed by atoms with Crippen molar-refractivity contribution in [1.29, 1.82) is 0 Å². The number of nitrogens with zero attached hydrogens (tertiary/aromatic N) is 12. The third-order valence-corrected chi connectivity index (χ3v) is 36.7. The molecule has 0 saturated heterocycles. The second-order valence-electron chi connectivity index (χ2n) is 44.9. The summed E-state index contributed by atoms with van der Waals surface area (Å²) in [7, 11) is 8.94. The molecule has 20 aromatic rings. The third kappa shape index (κ3) is 15.2. The van der Waals surface area contributed by atoms with Gasteiger partial charge >= 0.3 is 0 Å². The number of rotatable bonds is 8. The van der Waals surface area contributed by atoms with Crippen LogP contribution in [-0.2, 0) is 28.2 Å². The molecule has 0 atom stereocenters. The molecule has 28 rings (SSSR count). The molecule has 12 heteroatoms. The van der Waals surface area contributed by atoms with E-state index in [-0.39, 0.29) is 0 Å². The number of pyridine rings is 8. The van der Waals surface area contributed by atoms with Gasteiger partial charge in [-0.1, -0.05) is 221 Å². The first-order valence-electron chi connectivity index (χ1n) is 55.5. The zero-order valence-electron chi connectivity index (χ0n) is 84.7. The Morgan fingerprint density at radius 3 is 1.11 bits per heavy atom. The van der Waals surface area contributed by atoms with Gasteiger partial charge < -0.3 is 0 Å². The van der Waals surface area contributed by atoms with Gasteiger partial charge in [-0.25, -0.2) is 18.3 Å². The van der Waals surface area contributed by atoms with Crippen molar-refractivity contribution >= 4 is 154 Å². The number of hydrogen-bond acceptors (Lipinski definition) is 4. The minimum absolute atomic E-state index is 0.642. The Bertz CT molecular complexity index is 8140. The highest BCUT2D eigenvalue weighted by Crippen LogP contribution is 2.51. The van der Waals surface area contributed by atoms with Crippen LogP contribution in [0.1, 0.15) is 371 Å². The molecule has 140 heavy (non-hydrogen) atoms. The smallest absolute Gasteiger partial charge is 0.255 e. The molecule has 8 aliphatic carbocycles. The fourth-order valence-electron chi connectivity index (χ4n) is 29.7. The lowest BCUT2D eigenvalue weighted by Crippen LogP contribution is -2.27. The minimum atomic E-state index is 0.642. The van der Waals surface area contributed by atoms with E-state index in [1.165, 1.54) is 444 Å². The van der Waals surface area contributed by atoms with Crippen molar-refractivity contribution in [2.45, 2.75) is 332 Å². The summed E-state index contributed by atoms with van der Waals surface area (Å²) in [5.41, 5.74) is 43.6. The van der Waals surface area contributed by atoms with Gasteiger partial charge in [-0.15, -0.1) is 0 Å². The molecule has 0 unspecified atom stereocenters. The molecule has 8 aliphatic rings. The molecule has 8 aromatic carbocycles. The molecule has 12 nitrogen and oxygen atoms in total. The van der Waals surface area contributed by atoms with Gasteiger partial charge in [-0.3, -0.25) is 19.9 Å². The Morgan fingerprint density at radius 1 is 0.243 bits per heavy atom. The first-order chi connectivity index (χ1) is 68.9. The van der Waals surface area contributed by atoms with Gasteiger partial charge in [0.05, 0.1) is 82.6 Å². The van der Waals surface area contributed by atoms with Crippen molar-refractivity contribution < 1.29 is 18.1 Å². The van der Waals surface area contributed by atoms with Crippen LogP contribution in [0.5, 0.6) is 0 Å². The van der Waals surface area contributed by atoms with E-state index in [0.29, 0.717) is 47.3 Å². The van der Waals surface area contributed by atoms with Crippen LogP contribution in [0.15, 0.2) is 195 Å². The molecule has 712 valence electrons. The van der Waals surface area contributed by atoms with E-state index in [4.69, 9.17) is 19.9 Å². The summed E-state index contributed by atoms with van der Waals surface area (Å²) in [5, 5.41) is 10.6. The van der Waals surface area contributed by atoms with Gasteiger partial charge in [0, 0.05) is 41.1 Å². The van der Waals surface area contributed by atoms with Crippen LogP contribution >= 0.6 is 0 Å². The van der Waals surface area contributed by atoms with Crippen LogP contribution in [0.25, 0.3) is 154 Å². The van der Waals surface area contributed by atoms with Crippen LogP contribution < -0.4 is 18.1 Å². The van der Waals surface area contributed by atoms with Crippen LogP contribution in [0.2, 0.25) is 0 Å². The molecular formula is C128H144N12+4. The van der Waals surface area contributed by atoms with Gasteiger partial charge in [0.15, 0.2) is 44.1 Å². The van der Waals surface area contributed by atoms with Gasteiger partial charge in [0.25, 0.3) is 22.6 Å². The summed E-state index contributed by atoms with van der Waals surface area (Å²) in [4.78, 5) is 20.2. The Hall–Kier alpha value is -11.8. The maximum atomic E-state index is 5.05. The third-order valence-electron chi connectivity index (χ3n) is 36.7. The summed E-state index contributed by atoms with van der Waals surface area (Å²) < 4.78 is 19.9. The van der Waals surface area contributed by atoms with Crippen LogP contribution in [0.3, 0.4) is 0 Å². The molecule has 0 bridgehead atoms. The average molecular weight is 1850 g/mol. The number of para-hydroxylation sites is 4. The van der Waals surface area contributed by atoms with E-state index < -0.39 is 0 Å². The highest BCUT2D eigenvalue weighted by atomic mass is 15.1. The lowest BCUT2D eigenvalue weighted by molar-refractivity contribution is -0.617. The number of imidazole rings is 4. The number of aromatic nitrogens is 12. The average Bonchev–Trinajstić information content (AvgIpc) is 1.52. The highest BCUT2D eigenvalue weighted by Gasteiger charge is 2.39. The lowest BCUT2D eigenvalue weighted by Gasteiger charge is -2.30. The lowest BCUT2D eigenvalue weighted by atomic mass is 9.75. The normalized spacial score (nSPS) is 18.3. The number of benzene rings is 8. The monoisotopic (exact) mass is 1850 g/mol. The molecular weight excluding hydrogens is 1710 g/mol. The van der Waals surface area contributed by atoms with E-state index in [9.17, 15) is 0 Å². The number of aryl methyl sites for hydroxylation is 8. The van der Waals surface area contributed by atoms with Crippen LogP contribution in [-0.4, -0.2) is 37.7 Å². The molecule has 8 fully saturated rings. The summed E-state index contributed by atoms with van der Waals surface area (Å²) in [6.45, 7) is 8.99. The highest BCUT2D eigenvalue weighted by molar-refractivity contribution is 6.16. The van der Waals surface area contributed by atoms with Crippen molar-refractivity contribution in [1.82, 2.24) is 37.7 Å². The molecule has 12 heterocycles. The molecule has 0 N–H and O–H groups in total. The van der Waals surface area contributed by atoms with Crippen LogP contribution in [0, 0.1) is 27.7 Å². The van der Waals surface area contributed by atoms with E-state index in [2.05, 4.69) is 262 Å². The van der Waals surface area contributed by atoms with Gasteiger partial charge in [-0.05, 0) is 342 Å². The van der Waals surface area contributed by atoms with Gasteiger partial charge in [0.2, 0.25) is 0 Å². The zero-order chi connectivity index (χ0) is 94.1. The van der Waals surface area contributed by atoms with E-state index in [1.54, 1.807) is 22.3 Å². The van der Waals surface area contributed by atoms with E-state index in [0.717, 1.165) is 11.0 Å². The minimum Gasteiger partial charge on any atom is -0.255 e. The van der Waals surface area contributed by atoms with Crippen molar-refractivity contribution in [3.63, 3.8) is 0 Å². The first-order valence-corrected chi connectivity index (χ1v) is 55.5. The second-order valence-corrected chi connectivity index (χ2v) is 44.9. The summed E-state index contributed by atoms with van der Waals surface area (Å²) in [5.74, 6) is 5.48. The number of hydrogen-bond donors (Lipinski definition) is 0. The fourth-order valence-corrected chi connectivity index (χ4v) is 29.7. The van der Waals surface area contributed by atoms with E-state index >= 15 is 0 Å². The fraction of sp³-hybridized carbons (Fsp3) is 0.438.